The van der Waals surface area contributed by atoms with Gasteiger partial charge < -0.3 is 43.9 Å². The number of anilines is 1. The number of aliphatic hydroxyl groups is 1. The summed E-state index contributed by atoms with van der Waals surface area (Å²) in [6.07, 6.45) is 4.49. The van der Waals surface area contributed by atoms with Gasteiger partial charge in [-0.25, -0.2) is 5.43 Å². The van der Waals surface area contributed by atoms with E-state index in [1.165, 1.54) is 21.9 Å². The molecule has 0 aliphatic carbocycles. The van der Waals surface area contributed by atoms with E-state index in [4.69, 9.17) is 19.2 Å². The van der Waals surface area contributed by atoms with Crippen LogP contribution in [0.1, 0.15) is 91.5 Å². The molecule has 1 aromatic carbocycles. The number of methoxy groups -OCH3 is 1. The number of aromatic nitrogens is 2. The number of pyridine rings is 1. The topological polar surface area (TPSA) is 188 Å². The Kier molecular flexibility index (Phi) is 16.6. The third kappa shape index (κ3) is 11.2. The molecule has 0 bridgehead atoms. The number of nitrogens with zero attached hydrogens (tertiary/aromatic N) is 6. The highest BCUT2D eigenvalue weighted by Crippen LogP contribution is 2.42. The van der Waals surface area contributed by atoms with Crippen molar-refractivity contribution < 1.29 is 43.3 Å². The Balaban J connectivity index is 1.15. The first-order chi connectivity index (χ1) is 31.9. The largest absolute Gasteiger partial charge is 0.464 e. The van der Waals surface area contributed by atoms with Crippen molar-refractivity contribution in [1.82, 2.24) is 35.1 Å². The van der Waals surface area contributed by atoms with Crippen LogP contribution in [0.4, 0.5) is 5.69 Å². The zero-order valence-corrected chi connectivity index (χ0v) is 40.9. The van der Waals surface area contributed by atoms with Gasteiger partial charge in [0.25, 0.3) is 11.8 Å². The zero-order valence-electron chi connectivity index (χ0n) is 40.9. The van der Waals surface area contributed by atoms with Crippen molar-refractivity contribution in [1.29, 1.82) is 0 Å². The molecule has 6 rings (SSSR count). The van der Waals surface area contributed by atoms with Crippen molar-refractivity contribution >= 4 is 46.2 Å². The third-order valence-electron chi connectivity index (χ3n) is 13.5. The number of nitrogens with one attached hydrogen (secondary N) is 2. The van der Waals surface area contributed by atoms with Crippen molar-refractivity contribution in [2.45, 2.75) is 117 Å². The molecule has 3 aromatic rings. The van der Waals surface area contributed by atoms with E-state index in [1.54, 1.807) is 34.1 Å². The number of aryl methyl sites for hydroxylation is 1. The summed E-state index contributed by atoms with van der Waals surface area (Å²) < 4.78 is 19.9. The average molecular weight is 929 g/mol. The van der Waals surface area contributed by atoms with Crippen LogP contribution < -0.4 is 15.6 Å². The fourth-order valence-corrected chi connectivity index (χ4v) is 9.76. The molecule has 3 aliphatic rings. The number of morpholine rings is 1. The molecule has 5 heterocycles. The summed E-state index contributed by atoms with van der Waals surface area (Å²) in [6, 6.07) is 7.92. The van der Waals surface area contributed by atoms with Crippen LogP contribution in [0.25, 0.3) is 22.2 Å². The minimum Gasteiger partial charge on any atom is -0.464 e. The third-order valence-corrected chi connectivity index (χ3v) is 13.5. The number of amides is 4. The molecular weight excluding hydrogens is 857 g/mol. The Hall–Kier alpha value is -5.36. The maximum atomic E-state index is 14.0. The van der Waals surface area contributed by atoms with Crippen molar-refractivity contribution in [2.24, 2.45) is 11.3 Å². The second-order valence-electron chi connectivity index (χ2n) is 19.3. The Labute approximate surface area is 395 Å². The Morgan fingerprint density at radius 3 is 2.49 bits per heavy atom. The first-order valence-corrected chi connectivity index (χ1v) is 23.8. The SMILES string of the molecule is C=CC(=O)N1CCC(O)(C(=O)N(C)C(C(=O)N[C@@H](CC)C(=O)N2CCC[C@@H](C(=O)OCC(C)(C)Cc3c(-c4cccnc4[C@H](C)OC)n(CC)c4ccc(N5CCOCC5)cc34)N2)C(C)C)C1. The molecular formula is C50H72N8O9. The molecule has 2 aromatic heterocycles. The van der Waals surface area contributed by atoms with Crippen LogP contribution in [0.5, 0.6) is 0 Å². The summed E-state index contributed by atoms with van der Waals surface area (Å²) in [7, 11) is 3.13. The van der Waals surface area contributed by atoms with Gasteiger partial charge in [-0.05, 0) is 87.4 Å². The van der Waals surface area contributed by atoms with Crippen molar-refractivity contribution in [3.8, 4) is 11.3 Å². The van der Waals surface area contributed by atoms with Crippen LogP contribution in [0.2, 0.25) is 0 Å². The number of carbonyl (C=O) groups excluding carboxylic acids is 5. The van der Waals surface area contributed by atoms with Gasteiger partial charge in [-0.3, -0.25) is 34.0 Å². The number of benzene rings is 1. The molecule has 17 heteroatoms. The van der Waals surface area contributed by atoms with E-state index >= 15 is 0 Å². The standard InChI is InChI=1S/C50H72N8O9/c1-11-38(52-45(60)43(32(4)5)54(9)48(63)50(64)20-23-56(30-50)41(59)12-2)46(61)58-22-15-17-39(53-58)47(62)67-31-49(7,8)29-37-36-28-34(55-24-26-66-27-25-55)18-19-40(36)57(13-3)44(37)35-16-14-21-51-42(35)33(6)65-10/h12,14,16,18-19,21,28,32-33,38-39,43,53,64H,2,11,13,15,17,20,22-27,29-31H2,1,3-10H3,(H,52,60)/t33-,38-,39-,43?,50?/m0/s1. The fraction of sp³-hybridized carbons (Fsp3) is 0.600. The van der Waals surface area contributed by atoms with Gasteiger partial charge in [-0.1, -0.05) is 41.2 Å². The molecule has 5 atom stereocenters. The van der Waals surface area contributed by atoms with E-state index in [1.807, 2.05) is 13.0 Å². The fourth-order valence-electron chi connectivity index (χ4n) is 9.76. The number of hydrazine groups is 1. The average Bonchev–Trinajstić information content (AvgIpc) is 3.89. The highest BCUT2D eigenvalue weighted by Gasteiger charge is 2.48. The van der Waals surface area contributed by atoms with Crippen LogP contribution in [0.15, 0.2) is 49.2 Å². The summed E-state index contributed by atoms with van der Waals surface area (Å²) in [4.78, 5) is 77.4. The number of hydrogen-bond acceptors (Lipinski definition) is 12. The Morgan fingerprint density at radius 1 is 1.10 bits per heavy atom. The Morgan fingerprint density at radius 2 is 1.84 bits per heavy atom. The lowest BCUT2D eigenvalue weighted by Crippen LogP contribution is -2.62. The van der Waals surface area contributed by atoms with Crippen LogP contribution in [0.3, 0.4) is 0 Å². The molecule has 0 spiro atoms. The first kappa shape index (κ1) is 51.0. The predicted octanol–water partition coefficient (Wildman–Crippen LogP) is 4.40. The number of ether oxygens (including phenoxy) is 3. The summed E-state index contributed by atoms with van der Waals surface area (Å²) in [6.45, 7) is 21.2. The number of likely N-dealkylation sites (tertiary alicyclic amines) is 1. The molecule has 3 saturated heterocycles. The minimum absolute atomic E-state index is 0.0172. The van der Waals surface area contributed by atoms with E-state index in [9.17, 15) is 29.1 Å². The number of hydrogen-bond donors (Lipinski definition) is 3. The summed E-state index contributed by atoms with van der Waals surface area (Å²) in [5.74, 6) is -2.93. The van der Waals surface area contributed by atoms with E-state index in [-0.39, 0.29) is 44.6 Å². The van der Waals surface area contributed by atoms with Gasteiger partial charge in [-0.15, -0.1) is 0 Å². The molecule has 3 N–H and O–H groups in total. The lowest BCUT2D eigenvalue weighted by molar-refractivity contribution is -0.156. The van der Waals surface area contributed by atoms with Gasteiger partial charge >= 0.3 is 5.97 Å². The number of likely N-dealkylation sites (N-methyl/N-ethyl adjacent to an activating group) is 1. The number of rotatable bonds is 18. The lowest BCUT2D eigenvalue weighted by atomic mass is 9.84. The molecule has 3 fully saturated rings. The van der Waals surface area contributed by atoms with E-state index in [0.717, 1.165) is 64.8 Å². The van der Waals surface area contributed by atoms with Gasteiger partial charge in [0.1, 0.15) is 18.1 Å². The maximum absolute atomic E-state index is 14.0. The van der Waals surface area contributed by atoms with Crippen LogP contribution in [0, 0.1) is 11.3 Å². The molecule has 17 nitrogen and oxygen atoms in total. The number of β-amino-alcohol motifs (C(OH)–C–C–N with tert-alkyl or cyclic N) is 1. The van der Waals surface area contributed by atoms with Crippen LogP contribution in [-0.2, 0) is 51.1 Å². The first-order valence-electron chi connectivity index (χ1n) is 23.8. The van der Waals surface area contributed by atoms with Crippen LogP contribution in [-0.4, -0.2) is 149 Å². The second-order valence-corrected chi connectivity index (χ2v) is 19.3. The van der Waals surface area contributed by atoms with E-state index in [0.29, 0.717) is 39.0 Å². The van der Waals surface area contributed by atoms with Gasteiger partial charge in [0.2, 0.25) is 11.8 Å². The molecule has 366 valence electrons. The van der Waals surface area contributed by atoms with Crippen LogP contribution >= 0.6 is 0 Å². The normalized spacial score (nSPS) is 20.4. The monoisotopic (exact) mass is 929 g/mol. The summed E-state index contributed by atoms with van der Waals surface area (Å²) >= 11 is 0. The van der Waals surface area contributed by atoms with Crippen molar-refractivity contribution in [3.05, 3.63) is 60.4 Å². The van der Waals surface area contributed by atoms with Crippen molar-refractivity contribution in [3.63, 3.8) is 0 Å². The number of fused-ring (bicyclic) bond motifs is 1. The van der Waals surface area contributed by atoms with Gasteiger partial charge in [0.05, 0.1) is 43.9 Å². The zero-order chi connectivity index (χ0) is 48.8. The molecule has 67 heavy (non-hydrogen) atoms. The maximum Gasteiger partial charge on any atom is 0.324 e. The van der Waals surface area contributed by atoms with Crippen molar-refractivity contribution in [2.75, 3.05) is 71.6 Å². The van der Waals surface area contributed by atoms with E-state index in [2.05, 4.69) is 71.8 Å². The molecule has 4 amide bonds. The minimum atomic E-state index is -1.87. The summed E-state index contributed by atoms with van der Waals surface area (Å²) in [5, 5.41) is 16.6. The summed E-state index contributed by atoms with van der Waals surface area (Å²) in [5.41, 5.74) is 6.94. The van der Waals surface area contributed by atoms with Gasteiger partial charge in [0.15, 0.2) is 5.60 Å². The molecule has 0 radical (unpaired) electrons. The quantitative estimate of drug-likeness (QED) is 0.121. The number of esters is 1. The smallest absolute Gasteiger partial charge is 0.324 e. The Bertz CT molecular complexity index is 2290. The molecule has 3 aliphatic heterocycles. The lowest BCUT2D eigenvalue weighted by Gasteiger charge is -2.37. The van der Waals surface area contributed by atoms with Gasteiger partial charge in [0, 0.05) is 87.1 Å². The molecule has 2 unspecified atom stereocenters. The second kappa shape index (κ2) is 21.7. The molecule has 0 saturated carbocycles. The van der Waals surface area contributed by atoms with E-state index < -0.39 is 58.7 Å². The highest BCUT2D eigenvalue weighted by molar-refractivity contribution is 5.96. The number of carbonyl (C=O) groups is 5. The van der Waals surface area contributed by atoms with Gasteiger partial charge in [-0.2, -0.15) is 0 Å². The predicted molar refractivity (Wildman–Crippen MR) is 256 cm³/mol. The highest BCUT2D eigenvalue weighted by atomic mass is 16.5.